The summed E-state index contributed by atoms with van der Waals surface area (Å²) >= 11 is 0. The number of hydrogen-bond donors (Lipinski definition) is 2. The van der Waals surface area contributed by atoms with Crippen LogP contribution in [0.15, 0.2) is 29.2 Å². The third kappa shape index (κ3) is 3.55. The van der Waals surface area contributed by atoms with Gasteiger partial charge in [0.15, 0.2) is 0 Å². The first-order chi connectivity index (χ1) is 8.95. The average Bonchev–Trinajstić information content (AvgIpc) is 2.38. The summed E-state index contributed by atoms with van der Waals surface area (Å²) in [6, 6.07) is 6.45. The Labute approximate surface area is 114 Å². The van der Waals surface area contributed by atoms with Crippen LogP contribution < -0.4 is 4.72 Å². The largest absolute Gasteiger partial charge is 0.392 e. The molecular formula is C14H21NO3S. The Morgan fingerprint density at radius 3 is 2.58 bits per heavy atom. The molecule has 5 heteroatoms. The van der Waals surface area contributed by atoms with E-state index in [1.165, 1.54) is 12.5 Å². The fraction of sp³-hybridized carbons (Fsp3) is 0.571. The van der Waals surface area contributed by atoms with Crippen molar-refractivity contribution < 1.29 is 13.5 Å². The molecule has 0 heterocycles. The number of aliphatic hydroxyl groups is 1. The highest BCUT2D eigenvalue weighted by molar-refractivity contribution is 7.89. The molecule has 2 N–H and O–H groups in total. The zero-order valence-electron chi connectivity index (χ0n) is 11.2. The second-order valence-corrected chi connectivity index (χ2v) is 7.21. The summed E-state index contributed by atoms with van der Waals surface area (Å²) in [6.45, 7) is 1.82. The van der Waals surface area contributed by atoms with Crippen molar-refractivity contribution in [2.24, 2.45) is 0 Å². The highest BCUT2D eigenvalue weighted by Gasteiger charge is 2.31. The highest BCUT2D eigenvalue weighted by Crippen LogP contribution is 2.29. The Bertz CT molecular complexity index is 533. The van der Waals surface area contributed by atoms with Gasteiger partial charge in [-0.15, -0.1) is 0 Å². The molecule has 0 radical (unpaired) electrons. The van der Waals surface area contributed by atoms with Crippen LogP contribution in [0.2, 0.25) is 0 Å². The van der Waals surface area contributed by atoms with Gasteiger partial charge in [0.05, 0.1) is 11.5 Å². The van der Waals surface area contributed by atoms with E-state index in [9.17, 15) is 8.42 Å². The molecule has 4 nitrogen and oxygen atoms in total. The second-order valence-electron chi connectivity index (χ2n) is 5.53. The first kappa shape index (κ1) is 14.5. The van der Waals surface area contributed by atoms with Crippen LogP contribution in [0.25, 0.3) is 0 Å². The first-order valence-electron chi connectivity index (χ1n) is 6.69. The van der Waals surface area contributed by atoms with Crippen LogP contribution >= 0.6 is 0 Å². The van der Waals surface area contributed by atoms with Crippen LogP contribution in [0.3, 0.4) is 0 Å². The van der Waals surface area contributed by atoms with E-state index in [0.717, 1.165) is 25.7 Å². The summed E-state index contributed by atoms with van der Waals surface area (Å²) in [5.74, 6) is 0. The maximum Gasteiger partial charge on any atom is 0.241 e. The molecule has 1 fully saturated rings. The van der Waals surface area contributed by atoms with Crippen molar-refractivity contribution in [1.82, 2.24) is 4.72 Å². The van der Waals surface area contributed by atoms with Gasteiger partial charge in [-0.05, 0) is 37.5 Å². The monoisotopic (exact) mass is 283 g/mol. The van der Waals surface area contributed by atoms with Crippen molar-refractivity contribution in [3.63, 3.8) is 0 Å². The topological polar surface area (TPSA) is 66.4 Å². The third-order valence-corrected chi connectivity index (χ3v) is 5.37. The van der Waals surface area contributed by atoms with Crippen LogP contribution in [0.5, 0.6) is 0 Å². The van der Waals surface area contributed by atoms with Gasteiger partial charge in [-0.25, -0.2) is 13.1 Å². The third-order valence-electron chi connectivity index (χ3n) is 3.73. The van der Waals surface area contributed by atoms with Gasteiger partial charge >= 0.3 is 0 Å². The SMILES string of the molecule is CC1(NS(=O)(=O)c2cccc(CO)c2)CCCCC1. The molecule has 1 saturated carbocycles. The lowest BCUT2D eigenvalue weighted by Crippen LogP contribution is -2.47. The predicted octanol–water partition coefficient (Wildman–Crippen LogP) is 2.18. The molecule has 1 aromatic carbocycles. The number of hydrogen-bond acceptors (Lipinski definition) is 3. The van der Waals surface area contributed by atoms with E-state index < -0.39 is 10.0 Å². The summed E-state index contributed by atoms with van der Waals surface area (Å²) in [6.07, 6.45) is 5.07. The van der Waals surface area contributed by atoms with Crippen LogP contribution in [0, 0.1) is 0 Å². The van der Waals surface area contributed by atoms with E-state index in [1.807, 2.05) is 6.92 Å². The molecule has 0 amide bonds. The van der Waals surface area contributed by atoms with Crippen molar-refractivity contribution in [3.8, 4) is 0 Å². The van der Waals surface area contributed by atoms with E-state index >= 15 is 0 Å². The molecule has 106 valence electrons. The number of rotatable bonds is 4. The Balaban J connectivity index is 2.21. The molecule has 0 atom stereocenters. The lowest BCUT2D eigenvalue weighted by Gasteiger charge is -2.34. The fourth-order valence-electron chi connectivity index (χ4n) is 2.63. The molecule has 2 rings (SSSR count). The van der Waals surface area contributed by atoms with Gasteiger partial charge in [0.2, 0.25) is 10.0 Å². The van der Waals surface area contributed by atoms with E-state index in [4.69, 9.17) is 5.11 Å². The molecular weight excluding hydrogens is 262 g/mol. The molecule has 19 heavy (non-hydrogen) atoms. The van der Waals surface area contributed by atoms with Gasteiger partial charge in [0.25, 0.3) is 0 Å². The molecule has 0 aromatic heterocycles. The number of sulfonamides is 1. The Morgan fingerprint density at radius 1 is 1.26 bits per heavy atom. The van der Waals surface area contributed by atoms with Gasteiger partial charge in [0, 0.05) is 5.54 Å². The number of nitrogens with one attached hydrogen (secondary N) is 1. The number of benzene rings is 1. The number of aliphatic hydroxyl groups excluding tert-OH is 1. The summed E-state index contributed by atoms with van der Waals surface area (Å²) in [7, 11) is -3.51. The van der Waals surface area contributed by atoms with Crippen LogP contribution in [-0.2, 0) is 16.6 Å². The molecule has 1 aromatic rings. The predicted molar refractivity (Wildman–Crippen MR) is 74.2 cm³/mol. The smallest absolute Gasteiger partial charge is 0.241 e. The summed E-state index contributed by atoms with van der Waals surface area (Å²) in [5, 5.41) is 9.08. The minimum absolute atomic E-state index is 0.152. The van der Waals surface area contributed by atoms with Crippen LogP contribution in [-0.4, -0.2) is 19.1 Å². The van der Waals surface area contributed by atoms with E-state index in [0.29, 0.717) is 5.56 Å². The highest BCUT2D eigenvalue weighted by atomic mass is 32.2. The molecule has 0 spiro atoms. The molecule has 1 aliphatic carbocycles. The normalized spacial score (nSPS) is 19.3. The van der Waals surface area contributed by atoms with E-state index in [1.54, 1.807) is 18.2 Å². The molecule has 0 bridgehead atoms. The van der Waals surface area contributed by atoms with Crippen molar-refractivity contribution in [1.29, 1.82) is 0 Å². The fourth-order valence-corrected chi connectivity index (χ4v) is 4.16. The molecule has 0 aliphatic heterocycles. The quantitative estimate of drug-likeness (QED) is 0.890. The minimum atomic E-state index is -3.51. The lowest BCUT2D eigenvalue weighted by atomic mass is 9.84. The van der Waals surface area contributed by atoms with Gasteiger partial charge in [0.1, 0.15) is 0 Å². The van der Waals surface area contributed by atoms with Crippen LogP contribution in [0.1, 0.15) is 44.6 Å². The van der Waals surface area contributed by atoms with Gasteiger partial charge < -0.3 is 5.11 Å². The van der Waals surface area contributed by atoms with Crippen molar-refractivity contribution >= 4 is 10.0 Å². The van der Waals surface area contributed by atoms with Crippen molar-refractivity contribution in [3.05, 3.63) is 29.8 Å². The Morgan fingerprint density at radius 2 is 1.95 bits per heavy atom. The lowest BCUT2D eigenvalue weighted by molar-refractivity contribution is 0.281. The van der Waals surface area contributed by atoms with Crippen molar-refractivity contribution in [2.45, 2.75) is 56.1 Å². The molecule has 0 saturated heterocycles. The molecule has 1 aliphatic rings. The van der Waals surface area contributed by atoms with Gasteiger partial charge in [-0.2, -0.15) is 0 Å². The summed E-state index contributed by atoms with van der Waals surface area (Å²) in [5.41, 5.74) is 0.267. The van der Waals surface area contributed by atoms with Gasteiger partial charge in [-0.1, -0.05) is 31.4 Å². The maximum absolute atomic E-state index is 12.4. The maximum atomic E-state index is 12.4. The zero-order chi connectivity index (χ0) is 13.9. The molecule has 0 unspecified atom stereocenters. The zero-order valence-corrected chi connectivity index (χ0v) is 12.0. The van der Waals surface area contributed by atoms with Crippen LogP contribution in [0.4, 0.5) is 0 Å². The summed E-state index contributed by atoms with van der Waals surface area (Å²) in [4.78, 5) is 0.228. The van der Waals surface area contributed by atoms with E-state index in [2.05, 4.69) is 4.72 Å². The van der Waals surface area contributed by atoms with E-state index in [-0.39, 0.29) is 17.0 Å². The minimum Gasteiger partial charge on any atom is -0.392 e. The Kier molecular flexibility index (Phi) is 4.28. The average molecular weight is 283 g/mol. The first-order valence-corrected chi connectivity index (χ1v) is 8.17. The van der Waals surface area contributed by atoms with Crippen molar-refractivity contribution in [2.75, 3.05) is 0 Å². The van der Waals surface area contributed by atoms with Gasteiger partial charge in [-0.3, -0.25) is 0 Å². The standard InChI is InChI=1S/C14H21NO3S/c1-14(8-3-2-4-9-14)15-19(17,18)13-7-5-6-12(10-13)11-16/h5-7,10,15-16H,2-4,8-9,11H2,1H3. The summed E-state index contributed by atoms with van der Waals surface area (Å²) < 4.78 is 27.6. The second kappa shape index (κ2) is 5.61. The Hall–Kier alpha value is -0.910.